The zero-order valence-corrected chi connectivity index (χ0v) is 19.3. The molecule has 8 nitrogen and oxygen atoms in total. The highest BCUT2D eigenvalue weighted by Crippen LogP contribution is 2.28. The van der Waals surface area contributed by atoms with Crippen molar-refractivity contribution in [1.29, 1.82) is 0 Å². The third-order valence-corrected chi connectivity index (χ3v) is 7.58. The van der Waals surface area contributed by atoms with E-state index >= 15 is 0 Å². The number of imidazole rings is 1. The lowest BCUT2D eigenvalue weighted by molar-refractivity contribution is 0.0954. The normalized spacial score (nSPS) is 14.8. The fraction of sp³-hybridized carbons (Fsp3) is 0.391. The third-order valence-electron chi connectivity index (χ3n) is 5.77. The van der Waals surface area contributed by atoms with Crippen molar-refractivity contribution in [3.8, 4) is 0 Å². The fourth-order valence-electron chi connectivity index (χ4n) is 3.99. The van der Waals surface area contributed by atoms with E-state index in [-0.39, 0.29) is 10.8 Å². The number of anilines is 1. The van der Waals surface area contributed by atoms with E-state index in [4.69, 9.17) is 0 Å². The third kappa shape index (κ3) is 4.63. The van der Waals surface area contributed by atoms with Gasteiger partial charge >= 0.3 is 0 Å². The second-order valence-corrected chi connectivity index (χ2v) is 10.4. The summed E-state index contributed by atoms with van der Waals surface area (Å²) in [5.74, 6) is -0.273. The highest BCUT2D eigenvalue weighted by atomic mass is 32.2. The van der Waals surface area contributed by atoms with E-state index < -0.39 is 10.0 Å². The van der Waals surface area contributed by atoms with Gasteiger partial charge in [-0.3, -0.25) is 4.79 Å². The molecular weight excluding hydrogens is 426 g/mol. The van der Waals surface area contributed by atoms with Crippen molar-refractivity contribution in [3.63, 3.8) is 0 Å². The van der Waals surface area contributed by atoms with Crippen LogP contribution in [0.25, 0.3) is 5.65 Å². The maximum absolute atomic E-state index is 13.1. The lowest BCUT2D eigenvalue weighted by atomic mass is 10.1. The van der Waals surface area contributed by atoms with E-state index in [0.29, 0.717) is 18.5 Å². The minimum absolute atomic E-state index is 0.119. The monoisotopic (exact) mass is 455 g/mol. The van der Waals surface area contributed by atoms with Gasteiger partial charge in [0, 0.05) is 58.2 Å². The average molecular weight is 456 g/mol. The van der Waals surface area contributed by atoms with Gasteiger partial charge in [-0.25, -0.2) is 17.7 Å². The largest absolute Gasteiger partial charge is 0.371 e. The van der Waals surface area contributed by atoms with E-state index in [1.807, 2.05) is 35.0 Å². The number of carbonyl (C=O) groups excluding carboxylic acids is 1. The van der Waals surface area contributed by atoms with Crippen LogP contribution in [0, 0.1) is 0 Å². The second kappa shape index (κ2) is 9.30. The standard InChI is InChI=1S/C23H29N5O3S/c1-26(2)32(30,31)19-9-10-21(27-13-5-3-6-14-27)20(16-19)23(29)24-12-11-18-17-28-15-7-4-8-22(28)25-18/h4,7-10,15-17H,3,5-6,11-14H2,1-2H3,(H,24,29). The van der Waals surface area contributed by atoms with Gasteiger partial charge in [0.05, 0.1) is 16.2 Å². The maximum atomic E-state index is 13.1. The van der Waals surface area contributed by atoms with Crippen LogP contribution in [0.15, 0.2) is 53.7 Å². The Morgan fingerprint density at radius 3 is 2.62 bits per heavy atom. The predicted octanol–water partition coefficient (Wildman–Crippen LogP) is 2.55. The molecule has 1 aromatic carbocycles. The molecule has 0 aliphatic carbocycles. The van der Waals surface area contributed by atoms with Gasteiger partial charge in [-0.15, -0.1) is 0 Å². The maximum Gasteiger partial charge on any atom is 0.253 e. The molecule has 1 aliphatic rings. The summed E-state index contributed by atoms with van der Waals surface area (Å²) in [6, 6.07) is 10.7. The van der Waals surface area contributed by atoms with Gasteiger partial charge in [0.15, 0.2) is 0 Å². The summed E-state index contributed by atoms with van der Waals surface area (Å²) in [4.78, 5) is 20.0. The number of nitrogens with zero attached hydrogens (tertiary/aromatic N) is 4. The Morgan fingerprint density at radius 1 is 1.12 bits per heavy atom. The van der Waals surface area contributed by atoms with E-state index in [0.717, 1.165) is 47.3 Å². The molecule has 32 heavy (non-hydrogen) atoms. The van der Waals surface area contributed by atoms with Crippen molar-refractivity contribution >= 4 is 27.3 Å². The first-order valence-corrected chi connectivity index (χ1v) is 12.3. The minimum Gasteiger partial charge on any atom is -0.371 e. The zero-order chi connectivity index (χ0) is 22.7. The number of piperidine rings is 1. The van der Waals surface area contributed by atoms with Crippen LogP contribution >= 0.6 is 0 Å². The highest BCUT2D eigenvalue weighted by molar-refractivity contribution is 7.89. The highest BCUT2D eigenvalue weighted by Gasteiger charge is 2.24. The van der Waals surface area contributed by atoms with Crippen LogP contribution < -0.4 is 10.2 Å². The number of fused-ring (bicyclic) bond motifs is 1. The first-order valence-electron chi connectivity index (χ1n) is 10.9. The molecule has 1 saturated heterocycles. The summed E-state index contributed by atoms with van der Waals surface area (Å²) in [6.45, 7) is 2.13. The number of amides is 1. The molecule has 1 amide bonds. The minimum atomic E-state index is -3.64. The van der Waals surface area contributed by atoms with Crippen LogP contribution in [0.2, 0.25) is 0 Å². The summed E-state index contributed by atoms with van der Waals surface area (Å²) in [7, 11) is -0.660. The van der Waals surface area contributed by atoms with Gasteiger partial charge in [-0.2, -0.15) is 0 Å². The van der Waals surface area contributed by atoms with Crippen molar-refractivity contribution < 1.29 is 13.2 Å². The molecule has 1 aliphatic heterocycles. The number of hydrogen-bond donors (Lipinski definition) is 1. The Morgan fingerprint density at radius 2 is 1.91 bits per heavy atom. The van der Waals surface area contributed by atoms with Crippen LogP contribution in [0.4, 0.5) is 5.69 Å². The van der Waals surface area contributed by atoms with Gasteiger partial charge in [0.1, 0.15) is 5.65 Å². The van der Waals surface area contributed by atoms with E-state index in [1.165, 1.54) is 26.6 Å². The molecule has 0 unspecified atom stereocenters. The second-order valence-electron chi connectivity index (χ2n) is 8.22. The van der Waals surface area contributed by atoms with Gasteiger partial charge in [-0.05, 0) is 49.6 Å². The number of rotatable bonds is 7. The number of pyridine rings is 1. The molecule has 3 aromatic rings. The van der Waals surface area contributed by atoms with Crippen molar-refractivity contribution in [2.24, 2.45) is 0 Å². The topological polar surface area (TPSA) is 87.0 Å². The molecule has 0 spiro atoms. The van der Waals surface area contributed by atoms with Gasteiger partial charge in [0.2, 0.25) is 10.0 Å². The number of carbonyl (C=O) groups is 1. The molecule has 4 rings (SSSR count). The molecule has 0 radical (unpaired) electrons. The molecule has 0 saturated carbocycles. The Balaban J connectivity index is 1.55. The number of benzene rings is 1. The number of aromatic nitrogens is 2. The van der Waals surface area contributed by atoms with E-state index in [9.17, 15) is 13.2 Å². The van der Waals surface area contributed by atoms with Crippen LogP contribution in [-0.2, 0) is 16.4 Å². The summed E-state index contributed by atoms with van der Waals surface area (Å²) in [5.41, 5.74) is 2.93. The smallest absolute Gasteiger partial charge is 0.253 e. The first-order chi connectivity index (χ1) is 15.4. The summed E-state index contributed by atoms with van der Waals surface area (Å²) < 4.78 is 28.4. The number of hydrogen-bond acceptors (Lipinski definition) is 5. The summed E-state index contributed by atoms with van der Waals surface area (Å²) in [5, 5.41) is 2.96. The Labute approximate surface area is 188 Å². The SMILES string of the molecule is CN(C)S(=O)(=O)c1ccc(N2CCCCC2)c(C(=O)NCCc2cn3ccccc3n2)c1. The van der Waals surface area contributed by atoms with Crippen LogP contribution in [0.1, 0.15) is 35.3 Å². The lowest BCUT2D eigenvalue weighted by Gasteiger charge is -2.30. The van der Waals surface area contributed by atoms with Crippen molar-refractivity contribution in [2.75, 3.05) is 38.6 Å². The molecule has 9 heteroatoms. The molecule has 2 aromatic heterocycles. The zero-order valence-electron chi connectivity index (χ0n) is 18.5. The first kappa shape index (κ1) is 22.3. The summed E-state index contributed by atoms with van der Waals surface area (Å²) >= 11 is 0. The Kier molecular flexibility index (Phi) is 6.48. The molecule has 1 N–H and O–H groups in total. The molecular formula is C23H29N5O3S. The molecule has 0 atom stereocenters. The van der Waals surface area contributed by atoms with Crippen LogP contribution in [-0.4, -0.2) is 61.7 Å². The van der Waals surface area contributed by atoms with Crippen molar-refractivity contribution in [3.05, 3.63) is 60.0 Å². The molecule has 0 bridgehead atoms. The quantitative estimate of drug-likeness (QED) is 0.592. The van der Waals surface area contributed by atoms with Gasteiger partial charge < -0.3 is 14.6 Å². The average Bonchev–Trinajstić information content (AvgIpc) is 3.22. The van der Waals surface area contributed by atoms with Crippen LogP contribution in [0.5, 0.6) is 0 Å². The Bertz CT molecular complexity index is 1180. The molecule has 170 valence electrons. The predicted molar refractivity (Wildman–Crippen MR) is 125 cm³/mol. The van der Waals surface area contributed by atoms with Gasteiger partial charge in [0.25, 0.3) is 5.91 Å². The summed E-state index contributed by atoms with van der Waals surface area (Å²) in [6.07, 6.45) is 7.77. The lowest BCUT2D eigenvalue weighted by Crippen LogP contribution is -2.33. The molecule has 1 fully saturated rings. The van der Waals surface area contributed by atoms with E-state index in [2.05, 4.69) is 15.2 Å². The van der Waals surface area contributed by atoms with Crippen LogP contribution in [0.3, 0.4) is 0 Å². The van der Waals surface area contributed by atoms with E-state index in [1.54, 1.807) is 12.1 Å². The molecule has 3 heterocycles. The van der Waals surface area contributed by atoms with Gasteiger partial charge in [-0.1, -0.05) is 6.07 Å². The Hall–Kier alpha value is -2.91. The van der Waals surface area contributed by atoms with Crippen molar-refractivity contribution in [2.45, 2.75) is 30.6 Å². The van der Waals surface area contributed by atoms with Crippen molar-refractivity contribution in [1.82, 2.24) is 19.0 Å². The fourth-order valence-corrected chi connectivity index (χ4v) is 4.91. The number of nitrogens with one attached hydrogen (secondary N) is 1. The number of sulfonamides is 1.